The van der Waals surface area contributed by atoms with E-state index in [2.05, 4.69) is 72.0 Å². The molecule has 0 radical (unpaired) electrons. The molecular weight excluding hydrogens is 406 g/mol. The van der Waals surface area contributed by atoms with Crippen molar-refractivity contribution in [3.05, 3.63) is 63.0 Å². The summed E-state index contributed by atoms with van der Waals surface area (Å²) in [5.74, 6) is 1.97. The van der Waals surface area contributed by atoms with Gasteiger partial charge in [-0.3, -0.25) is 14.4 Å². The first-order valence-electron chi connectivity index (χ1n) is 10.8. The highest BCUT2D eigenvalue weighted by Gasteiger charge is 2.32. The summed E-state index contributed by atoms with van der Waals surface area (Å²) in [6.07, 6.45) is 0.243. The first kappa shape index (κ1) is 21.4. The molecule has 7 heteroatoms. The fourth-order valence-electron chi connectivity index (χ4n) is 4.00. The van der Waals surface area contributed by atoms with Crippen LogP contribution in [0.25, 0.3) is 5.00 Å². The van der Waals surface area contributed by atoms with Crippen LogP contribution in [0.5, 0.6) is 0 Å². The molecule has 1 atom stereocenters. The van der Waals surface area contributed by atoms with Crippen LogP contribution in [-0.2, 0) is 4.79 Å². The first-order valence-corrected chi connectivity index (χ1v) is 11.6. The Labute approximate surface area is 187 Å². The molecule has 3 aromatic rings. The van der Waals surface area contributed by atoms with Gasteiger partial charge < -0.3 is 5.32 Å². The first-order chi connectivity index (χ1) is 14.8. The van der Waals surface area contributed by atoms with Crippen molar-refractivity contribution >= 4 is 23.0 Å². The molecule has 3 heterocycles. The molecular formula is C24H29N5OS. The third kappa shape index (κ3) is 3.82. The van der Waals surface area contributed by atoms with Gasteiger partial charge in [-0.05, 0) is 44.7 Å². The van der Waals surface area contributed by atoms with Crippen LogP contribution in [0.15, 0.2) is 29.3 Å². The summed E-state index contributed by atoms with van der Waals surface area (Å²) in [7, 11) is 0. The molecule has 2 aromatic heterocycles. The maximum atomic E-state index is 12.5. The third-order valence-corrected chi connectivity index (χ3v) is 7.04. The monoisotopic (exact) mass is 435 g/mol. The molecule has 6 nitrogen and oxygen atoms in total. The summed E-state index contributed by atoms with van der Waals surface area (Å²) in [6, 6.07) is 8.24. The Bertz CT molecular complexity index is 1150. The van der Waals surface area contributed by atoms with E-state index in [1.165, 1.54) is 16.0 Å². The van der Waals surface area contributed by atoms with E-state index in [9.17, 15) is 4.79 Å². The standard InChI is InChI=1S/C24H29N5OS/c1-7-25-20(30)12-19-23-28-27-16(6)29(23)24-21(14(4)15(5)31-24)22(26-19)18-10-8-17(9-11-18)13(2)3/h8-11,13,19H,7,12H2,1-6H3,(H,25,30)/t19-/m0/s1. The minimum atomic E-state index is -0.396. The predicted octanol–water partition coefficient (Wildman–Crippen LogP) is 4.80. The van der Waals surface area contributed by atoms with Crippen molar-refractivity contribution in [2.24, 2.45) is 4.99 Å². The number of nitrogens with zero attached hydrogens (tertiary/aromatic N) is 4. The summed E-state index contributed by atoms with van der Waals surface area (Å²) < 4.78 is 2.09. The normalized spacial score (nSPS) is 15.3. The lowest BCUT2D eigenvalue weighted by atomic mass is 9.96. The van der Waals surface area contributed by atoms with Crippen LogP contribution in [0.1, 0.15) is 77.9 Å². The van der Waals surface area contributed by atoms with Crippen molar-refractivity contribution in [2.75, 3.05) is 6.54 Å². The highest BCUT2D eigenvalue weighted by molar-refractivity contribution is 7.15. The number of hydrogen-bond acceptors (Lipinski definition) is 5. The largest absolute Gasteiger partial charge is 0.356 e. The van der Waals surface area contributed by atoms with E-state index < -0.39 is 6.04 Å². The summed E-state index contributed by atoms with van der Waals surface area (Å²) in [5, 5.41) is 12.8. The van der Waals surface area contributed by atoms with E-state index in [-0.39, 0.29) is 12.3 Å². The molecule has 0 saturated heterocycles. The average molecular weight is 436 g/mol. The van der Waals surface area contributed by atoms with Crippen molar-refractivity contribution in [2.45, 2.75) is 59.9 Å². The number of benzene rings is 1. The number of aryl methyl sites for hydroxylation is 2. The minimum absolute atomic E-state index is 0.0314. The Morgan fingerprint density at radius 2 is 1.87 bits per heavy atom. The van der Waals surface area contributed by atoms with Crippen LogP contribution >= 0.6 is 11.3 Å². The van der Waals surface area contributed by atoms with Gasteiger partial charge in [0.1, 0.15) is 16.9 Å². The number of rotatable bonds is 5. The van der Waals surface area contributed by atoms with Gasteiger partial charge in [-0.25, -0.2) is 0 Å². The van der Waals surface area contributed by atoms with Crippen molar-refractivity contribution < 1.29 is 4.79 Å². The molecule has 31 heavy (non-hydrogen) atoms. The van der Waals surface area contributed by atoms with E-state index in [1.54, 1.807) is 11.3 Å². The van der Waals surface area contributed by atoms with E-state index in [0.717, 1.165) is 33.5 Å². The van der Waals surface area contributed by atoms with Gasteiger partial charge >= 0.3 is 0 Å². The van der Waals surface area contributed by atoms with Crippen LogP contribution in [0.4, 0.5) is 0 Å². The summed E-state index contributed by atoms with van der Waals surface area (Å²) in [5.41, 5.74) is 5.60. The predicted molar refractivity (Wildman–Crippen MR) is 126 cm³/mol. The lowest BCUT2D eigenvalue weighted by Gasteiger charge is -2.13. The van der Waals surface area contributed by atoms with Gasteiger partial charge in [0.15, 0.2) is 5.82 Å². The second kappa shape index (κ2) is 8.38. The van der Waals surface area contributed by atoms with Crippen LogP contribution in [0.3, 0.4) is 0 Å². The van der Waals surface area contributed by atoms with E-state index in [1.807, 2.05) is 13.8 Å². The molecule has 0 aliphatic carbocycles. The molecule has 0 bridgehead atoms. The van der Waals surface area contributed by atoms with Gasteiger partial charge in [-0.1, -0.05) is 38.1 Å². The average Bonchev–Trinajstić information content (AvgIpc) is 3.20. The Kier molecular flexibility index (Phi) is 5.79. The molecule has 1 aliphatic rings. The maximum absolute atomic E-state index is 12.5. The second-order valence-electron chi connectivity index (χ2n) is 8.33. The van der Waals surface area contributed by atoms with Gasteiger partial charge in [0.2, 0.25) is 5.91 Å². The number of thiophene rings is 1. The Morgan fingerprint density at radius 1 is 1.16 bits per heavy atom. The molecule has 1 aliphatic heterocycles. The molecule has 0 unspecified atom stereocenters. The van der Waals surface area contributed by atoms with E-state index >= 15 is 0 Å². The molecule has 1 aromatic carbocycles. The summed E-state index contributed by atoms with van der Waals surface area (Å²) in [4.78, 5) is 18.9. The van der Waals surface area contributed by atoms with E-state index in [4.69, 9.17) is 4.99 Å². The number of nitrogens with one attached hydrogen (secondary N) is 1. The molecule has 1 amide bonds. The number of aromatic nitrogens is 3. The smallest absolute Gasteiger partial charge is 0.222 e. The van der Waals surface area contributed by atoms with Crippen molar-refractivity contribution in [3.63, 3.8) is 0 Å². The number of aliphatic imine (C=N–C) groups is 1. The SMILES string of the molecule is CCNC(=O)C[C@@H]1N=C(c2ccc(C(C)C)cc2)c2c(sc(C)c2C)-n2c(C)nnc21. The fraction of sp³-hybridized carbons (Fsp3) is 0.417. The maximum Gasteiger partial charge on any atom is 0.222 e. The lowest BCUT2D eigenvalue weighted by Crippen LogP contribution is -2.25. The summed E-state index contributed by atoms with van der Waals surface area (Å²) >= 11 is 1.73. The van der Waals surface area contributed by atoms with Crippen LogP contribution < -0.4 is 5.32 Å². The topological polar surface area (TPSA) is 72.2 Å². The quantitative estimate of drug-likeness (QED) is 0.626. The zero-order chi connectivity index (χ0) is 22.3. The van der Waals surface area contributed by atoms with Gasteiger partial charge in [-0.2, -0.15) is 0 Å². The van der Waals surface area contributed by atoms with Crippen LogP contribution in [-0.4, -0.2) is 32.9 Å². The van der Waals surface area contributed by atoms with Crippen LogP contribution in [0.2, 0.25) is 0 Å². The number of carbonyl (C=O) groups excluding carboxylic acids is 1. The molecule has 0 spiro atoms. The Balaban J connectivity index is 1.93. The number of amides is 1. The van der Waals surface area contributed by atoms with Crippen molar-refractivity contribution in [1.29, 1.82) is 0 Å². The molecule has 0 saturated carbocycles. The highest BCUT2D eigenvalue weighted by Crippen LogP contribution is 2.39. The number of fused-ring (bicyclic) bond motifs is 3. The molecule has 0 fully saturated rings. The van der Waals surface area contributed by atoms with Crippen molar-refractivity contribution in [3.8, 4) is 5.00 Å². The van der Waals surface area contributed by atoms with Gasteiger partial charge in [0.05, 0.1) is 12.1 Å². The lowest BCUT2D eigenvalue weighted by molar-refractivity contribution is -0.121. The van der Waals surface area contributed by atoms with Gasteiger partial charge in [0.25, 0.3) is 0 Å². The zero-order valence-electron chi connectivity index (χ0n) is 19.0. The minimum Gasteiger partial charge on any atom is -0.356 e. The van der Waals surface area contributed by atoms with Crippen LogP contribution in [0, 0.1) is 20.8 Å². The molecule has 1 N–H and O–H groups in total. The number of carbonyl (C=O) groups is 1. The van der Waals surface area contributed by atoms with E-state index in [0.29, 0.717) is 12.5 Å². The third-order valence-electron chi connectivity index (χ3n) is 5.84. The molecule has 4 rings (SSSR count). The van der Waals surface area contributed by atoms with Gasteiger partial charge in [-0.15, -0.1) is 21.5 Å². The second-order valence-corrected chi connectivity index (χ2v) is 9.54. The highest BCUT2D eigenvalue weighted by atomic mass is 32.1. The molecule has 162 valence electrons. The Morgan fingerprint density at radius 3 is 2.52 bits per heavy atom. The summed E-state index contributed by atoms with van der Waals surface area (Å²) in [6.45, 7) is 13.1. The Hall–Kier alpha value is -2.80. The zero-order valence-corrected chi connectivity index (χ0v) is 19.8. The fourth-order valence-corrected chi connectivity index (χ4v) is 5.21. The van der Waals surface area contributed by atoms with Gasteiger partial charge in [0, 0.05) is 22.5 Å². The number of hydrogen-bond donors (Lipinski definition) is 1. The van der Waals surface area contributed by atoms with Crippen molar-refractivity contribution in [1.82, 2.24) is 20.1 Å².